The van der Waals surface area contributed by atoms with Crippen molar-refractivity contribution >= 4 is 27.7 Å². The Balaban J connectivity index is 1.87. The number of rotatable bonds is 4. The normalized spacial score (nSPS) is 19.3. The summed E-state index contributed by atoms with van der Waals surface area (Å²) in [5, 5.41) is 9.57. The molecule has 0 spiro atoms. The maximum absolute atomic E-state index is 5.32. The van der Waals surface area contributed by atoms with Gasteiger partial charge in [0.15, 0.2) is 0 Å². The Hall–Kier alpha value is -0.0300. The van der Waals surface area contributed by atoms with Crippen LogP contribution >= 0.6 is 27.7 Å². The van der Waals surface area contributed by atoms with Crippen LogP contribution in [-0.4, -0.2) is 21.3 Å². The summed E-state index contributed by atoms with van der Waals surface area (Å²) >= 11 is 5.26. The first-order valence-electron chi connectivity index (χ1n) is 4.73. The van der Waals surface area contributed by atoms with E-state index in [1.54, 1.807) is 11.8 Å². The van der Waals surface area contributed by atoms with Gasteiger partial charge >= 0.3 is 0 Å². The molecule has 1 aliphatic rings. The highest BCUT2D eigenvalue weighted by atomic mass is 79.9. The van der Waals surface area contributed by atoms with Crippen molar-refractivity contribution in [1.29, 1.82) is 0 Å². The van der Waals surface area contributed by atoms with Crippen molar-refractivity contribution < 1.29 is 4.42 Å². The number of thioether (sulfide) groups is 1. The molecule has 78 valence electrons. The monoisotopic (exact) mass is 276 g/mol. The van der Waals surface area contributed by atoms with Crippen molar-refractivity contribution in [2.45, 2.75) is 31.4 Å². The largest absolute Gasteiger partial charge is 0.416 e. The summed E-state index contributed by atoms with van der Waals surface area (Å²) in [5.74, 6) is 1.73. The molecule has 0 amide bonds. The average molecular weight is 277 g/mol. The molecule has 5 heteroatoms. The number of hydrogen-bond acceptors (Lipinski definition) is 4. The minimum absolute atomic E-state index is 0.479. The Bertz CT molecular complexity index is 306. The van der Waals surface area contributed by atoms with Gasteiger partial charge in [-0.15, -0.1) is 10.2 Å². The molecule has 0 atom stereocenters. The van der Waals surface area contributed by atoms with Gasteiger partial charge in [-0.05, 0) is 18.3 Å². The van der Waals surface area contributed by atoms with Gasteiger partial charge in [0.25, 0.3) is 5.22 Å². The van der Waals surface area contributed by atoms with E-state index in [1.165, 1.54) is 19.3 Å². The Kier molecular flexibility index (Phi) is 3.17. The molecule has 0 N–H and O–H groups in total. The van der Waals surface area contributed by atoms with Gasteiger partial charge in [-0.2, -0.15) is 0 Å². The predicted molar refractivity (Wildman–Crippen MR) is 59.8 cm³/mol. The molecule has 0 radical (unpaired) electrons. The van der Waals surface area contributed by atoms with Crippen LogP contribution in [0.3, 0.4) is 0 Å². The van der Waals surface area contributed by atoms with E-state index in [-0.39, 0.29) is 0 Å². The van der Waals surface area contributed by atoms with Crippen LogP contribution in [0.5, 0.6) is 0 Å². The highest BCUT2D eigenvalue weighted by Crippen LogP contribution is 2.45. The Morgan fingerprint density at radius 2 is 2.29 bits per heavy atom. The van der Waals surface area contributed by atoms with E-state index in [9.17, 15) is 0 Å². The van der Waals surface area contributed by atoms with Gasteiger partial charge in [-0.3, -0.25) is 0 Å². The van der Waals surface area contributed by atoms with Gasteiger partial charge in [0.05, 0.1) is 0 Å². The third kappa shape index (κ3) is 2.14. The van der Waals surface area contributed by atoms with E-state index in [1.807, 2.05) is 6.92 Å². The number of nitrogens with zero attached hydrogens (tertiary/aromatic N) is 2. The zero-order valence-electron chi connectivity index (χ0n) is 8.12. The van der Waals surface area contributed by atoms with Crippen molar-refractivity contribution in [1.82, 2.24) is 10.2 Å². The van der Waals surface area contributed by atoms with Crippen LogP contribution in [0.25, 0.3) is 0 Å². The lowest BCUT2D eigenvalue weighted by Crippen LogP contribution is -2.33. The first kappa shape index (κ1) is 10.5. The van der Waals surface area contributed by atoms with Crippen LogP contribution in [-0.2, 0) is 0 Å². The standard InChI is InChI=1S/C9H13BrN2OS/c1-7-11-12-8(13-7)14-6-9(5-10)3-2-4-9/h2-6H2,1H3. The highest BCUT2D eigenvalue weighted by molar-refractivity contribution is 9.09. The van der Waals surface area contributed by atoms with Crippen LogP contribution < -0.4 is 0 Å². The average Bonchev–Trinajstić information content (AvgIpc) is 2.50. The van der Waals surface area contributed by atoms with Crippen molar-refractivity contribution in [3.8, 4) is 0 Å². The maximum atomic E-state index is 5.32. The van der Waals surface area contributed by atoms with Crippen LogP contribution in [0.15, 0.2) is 9.64 Å². The van der Waals surface area contributed by atoms with Crippen LogP contribution in [0.4, 0.5) is 0 Å². The summed E-state index contributed by atoms with van der Waals surface area (Å²) < 4.78 is 5.32. The molecule has 0 aliphatic heterocycles. The van der Waals surface area contributed by atoms with Gasteiger partial charge in [-0.25, -0.2) is 0 Å². The van der Waals surface area contributed by atoms with Crippen molar-refractivity contribution in [3.63, 3.8) is 0 Å². The molecular formula is C9H13BrN2OS. The van der Waals surface area contributed by atoms with Crippen molar-refractivity contribution in [2.24, 2.45) is 5.41 Å². The maximum Gasteiger partial charge on any atom is 0.276 e. The molecule has 1 aromatic rings. The Morgan fingerprint density at radius 3 is 2.71 bits per heavy atom. The summed E-state index contributed by atoms with van der Waals surface area (Å²) in [5.41, 5.74) is 0.479. The van der Waals surface area contributed by atoms with Gasteiger partial charge in [0, 0.05) is 18.0 Å². The molecule has 2 rings (SSSR count). The molecule has 0 saturated heterocycles. The van der Waals surface area contributed by atoms with Crippen LogP contribution in [0.2, 0.25) is 0 Å². The second kappa shape index (κ2) is 4.23. The first-order valence-corrected chi connectivity index (χ1v) is 6.84. The van der Waals surface area contributed by atoms with Crippen LogP contribution in [0.1, 0.15) is 25.2 Å². The Labute approximate surface area is 96.2 Å². The van der Waals surface area contributed by atoms with E-state index >= 15 is 0 Å². The minimum Gasteiger partial charge on any atom is -0.416 e. The molecule has 0 bridgehead atoms. The molecule has 1 saturated carbocycles. The fraction of sp³-hybridized carbons (Fsp3) is 0.778. The lowest BCUT2D eigenvalue weighted by atomic mass is 9.72. The summed E-state index contributed by atoms with van der Waals surface area (Å²) in [6.45, 7) is 1.82. The topological polar surface area (TPSA) is 38.9 Å². The predicted octanol–water partition coefficient (Wildman–Crippen LogP) is 3.04. The lowest BCUT2D eigenvalue weighted by molar-refractivity contribution is 0.206. The third-order valence-electron chi connectivity index (χ3n) is 2.71. The SMILES string of the molecule is Cc1nnc(SCC2(CBr)CCC2)o1. The molecule has 0 unspecified atom stereocenters. The lowest BCUT2D eigenvalue weighted by Gasteiger charge is -2.39. The van der Waals surface area contributed by atoms with E-state index in [0.717, 1.165) is 11.1 Å². The summed E-state index contributed by atoms with van der Waals surface area (Å²) in [4.78, 5) is 0. The van der Waals surface area contributed by atoms with Gasteiger partial charge < -0.3 is 4.42 Å². The molecular weight excluding hydrogens is 264 g/mol. The van der Waals surface area contributed by atoms with E-state index in [2.05, 4.69) is 26.1 Å². The van der Waals surface area contributed by atoms with Crippen molar-refractivity contribution in [2.75, 3.05) is 11.1 Å². The number of hydrogen-bond donors (Lipinski definition) is 0. The number of halogens is 1. The number of aryl methyl sites for hydroxylation is 1. The highest BCUT2D eigenvalue weighted by Gasteiger charge is 2.36. The molecule has 14 heavy (non-hydrogen) atoms. The van der Waals surface area contributed by atoms with Gasteiger partial charge in [-0.1, -0.05) is 34.1 Å². The zero-order valence-corrected chi connectivity index (χ0v) is 10.5. The summed E-state index contributed by atoms with van der Waals surface area (Å²) in [6.07, 6.45) is 3.99. The quantitative estimate of drug-likeness (QED) is 0.626. The second-order valence-electron chi connectivity index (χ2n) is 3.86. The zero-order chi connectivity index (χ0) is 10.0. The fourth-order valence-electron chi connectivity index (χ4n) is 1.54. The molecule has 1 aliphatic carbocycles. The molecule has 3 nitrogen and oxygen atoms in total. The third-order valence-corrected chi connectivity index (χ3v) is 5.07. The molecule has 0 aromatic carbocycles. The fourth-order valence-corrected chi connectivity index (χ4v) is 3.66. The summed E-state index contributed by atoms with van der Waals surface area (Å²) in [7, 11) is 0. The van der Waals surface area contributed by atoms with E-state index < -0.39 is 0 Å². The first-order chi connectivity index (χ1) is 6.74. The van der Waals surface area contributed by atoms with Gasteiger partial charge in [0.1, 0.15) is 0 Å². The van der Waals surface area contributed by atoms with E-state index in [0.29, 0.717) is 16.5 Å². The minimum atomic E-state index is 0.479. The Morgan fingerprint density at radius 1 is 1.50 bits per heavy atom. The smallest absolute Gasteiger partial charge is 0.276 e. The van der Waals surface area contributed by atoms with Crippen LogP contribution in [0, 0.1) is 12.3 Å². The van der Waals surface area contributed by atoms with E-state index in [4.69, 9.17) is 4.42 Å². The summed E-state index contributed by atoms with van der Waals surface area (Å²) in [6, 6.07) is 0. The molecule has 1 fully saturated rings. The number of aromatic nitrogens is 2. The van der Waals surface area contributed by atoms with Crippen molar-refractivity contribution in [3.05, 3.63) is 5.89 Å². The number of alkyl halides is 1. The second-order valence-corrected chi connectivity index (χ2v) is 5.35. The van der Waals surface area contributed by atoms with Gasteiger partial charge in [0.2, 0.25) is 5.89 Å². The molecule has 1 aromatic heterocycles. The molecule has 1 heterocycles.